The van der Waals surface area contributed by atoms with E-state index in [1.165, 1.54) is 0 Å². The molecule has 1 spiro atoms. The zero-order valence-corrected chi connectivity index (χ0v) is 14.9. The van der Waals surface area contributed by atoms with Crippen LogP contribution in [0.4, 0.5) is 0 Å². The van der Waals surface area contributed by atoms with Crippen LogP contribution in [0.1, 0.15) is 12.0 Å². The van der Waals surface area contributed by atoms with E-state index in [1.807, 2.05) is 24.4 Å². The lowest BCUT2D eigenvalue weighted by Gasteiger charge is -2.48. The normalized spacial score (nSPS) is 32.8. The molecule has 4 heterocycles. The van der Waals surface area contributed by atoms with Gasteiger partial charge in [0.05, 0.1) is 23.8 Å². The van der Waals surface area contributed by atoms with E-state index < -0.39 is 6.35 Å². The molecule has 3 aliphatic rings. The van der Waals surface area contributed by atoms with Crippen molar-refractivity contribution in [3.05, 3.63) is 47.2 Å². The number of nitrogens with two attached hydrogens (primary N) is 1. The molecule has 4 atom stereocenters. The SMILES string of the molecule is NC1N[C@@]2(CO1)c1cc(-c3cncc(Cl)c3)ccc1O[C@H]1COCC[C@@H]12. The van der Waals surface area contributed by atoms with E-state index in [0.29, 0.717) is 18.2 Å². The first-order valence-electron chi connectivity index (χ1n) is 8.80. The van der Waals surface area contributed by atoms with Crippen LogP contribution in [0, 0.1) is 5.92 Å². The van der Waals surface area contributed by atoms with Gasteiger partial charge in [0.15, 0.2) is 6.35 Å². The molecule has 0 amide bonds. The molecule has 26 heavy (non-hydrogen) atoms. The second kappa shape index (κ2) is 6.18. The lowest BCUT2D eigenvalue weighted by atomic mass is 9.71. The number of rotatable bonds is 1. The first-order chi connectivity index (χ1) is 12.7. The Labute approximate surface area is 156 Å². The van der Waals surface area contributed by atoms with Gasteiger partial charge in [-0.1, -0.05) is 17.7 Å². The summed E-state index contributed by atoms with van der Waals surface area (Å²) in [4.78, 5) is 4.20. The van der Waals surface area contributed by atoms with Crippen molar-refractivity contribution in [2.24, 2.45) is 11.7 Å². The van der Waals surface area contributed by atoms with Crippen molar-refractivity contribution < 1.29 is 14.2 Å². The Bertz CT molecular complexity index is 849. The van der Waals surface area contributed by atoms with Crippen LogP contribution in [-0.4, -0.2) is 37.3 Å². The summed E-state index contributed by atoms with van der Waals surface area (Å²) in [5.74, 6) is 1.09. The third kappa shape index (κ3) is 2.52. The van der Waals surface area contributed by atoms with Crippen LogP contribution in [0.25, 0.3) is 11.1 Å². The fourth-order valence-corrected chi connectivity index (χ4v) is 4.59. The fraction of sp³-hybridized carbons (Fsp3) is 0.421. The molecule has 0 bridgehead atoms. The van der Waals surface area contributed by atoms with E-state index in [-0.39, 0.29) is 17.6 Å². The average Bonchev–Trinajstić information content (AvgIpc) is 3.04. The second-order valence-electron chi connectivity index (χ2n) is 7.08. The van der Waals surface area contributed by atoms with Crippen LogP contribution >= 0.6 is 11.6 Å². The van der Waals surface area contributed by atoms with Gasteiger partial charge in [0.2, 0.25) is 0 Å². The molecule has 3 N–H and O–H groups in total. The number of aromatic nitrogens is 1. The summed E-state index contributed by atoms with van der Waals surface area (Å²) in [5, 5.41) is 4.10. The molecule has 0 saturated carbocycles. The summed E-state index contributed by atoms with van der Waals surface area (Å²) in [6.07, 6.45) is 3.85. The smallest absolute Gasteiger partial charge is 0.161 e. The highest BCUT2D eigenvalue weighted by molar-refractivity contribution is 6.30. The zero-order chi connectivity index (χ0) is 17.7. The van der Waals surface area contributed by atoms with Gasteiger partial charge < -0.3 is 14.2 Å². The standard InChI is InChI=1S/C19H20ClN3O3/c20-13-5-12(7-22-8-13)11-1-2-16-15(6-11)19(10-25-18(21)23-19)14-3-4-24-9-17(14)26-16/h1-2,5-8,14,17-18,23H,3-4,9-10,21H2/t14-,17-,18?,19+/m0/s1. The van der Waals surface area contributed by atoms with Crippen LogP contribution in [0.5, 0.6) is 5.75 Å². The molecule has 7 heteroatoms. The third-order valence-corrected chi connectivity index (χ3v) is 5.81. The van der Waals surface area contributed by atoms with Crippen LogP contribution in [0.15, 0.2) is 36.7 Å². The van der Waals surface area contributed by atoms with Crippen LogP contribution in [0.2, 0.25) is 5.02 Å². The molecular weight excluding hydrogens is 354 g/mol. The summed E-state index contributed by atoms with van der Waals surface area (Å²) >= 11 is 6.12. The minimum absolute atomic E-state index is 0.00339. The minimum atomic E-state index is -0.485. The molecule has 1 unspecified atom stereocenters. The summed E-state index contributed by atoms with van der Waals surface area (Å²) in [5.41, 5.74) is 8.76. The Morgan fingerprint density at radius 3 is 2.96 bits per heavy atom. The molecule has 1 aromatic carbocycles. The van der Waals surface area contributed by atoms with Gasteiger partial charge in [-0.25, -0.2) is 0 Å². The van der Waals surface area contributed by atoms with E-state index in [0.717, 1.165) is 35.5 Å². The zero-order valence-electron chi connectivity index (χ0n) is 14.2. The lowest BCUT2D eigenvalue weighted by molar-refractivity contribution is -0.0759. The third-order valence-electron chi connectivity index (χ3n) is 5.60. The van der Waals surface area contributed by atoms with Crippen molar-refractivity contribution in [1.29, 1.82) is 0 Å². The lowest BCUT2D eigenvalue weighted by Crippen LogP contribution is -2.59. The predicted molar refractivity (Wildman–Crippen MR) is 96.8 cm³/mol. The highest BCUT2D eigenvalue weighted by atomic mass is 35.5. The molecule has 136 valence electrons. The maximum Gasteiger partial charge on any atom is 0.161 e. The molecular formula is C19H20ClN3O3. The highest BCUT2D eigenvalue weighted by Gasteiger charge is 2.54. The van der Waals surface area contributed by atoms with E-state index in [2.05, 4.69) is 16.4 Å². The topological polar surface area (TPSA) is 78.6 Å². The quantitative estimate of drug-likeness (QED) is 0.798. The molecule has 0 aliphatic carbocycles. The minimum Gasteiger partial charge on any atom is -0.487 e. The number of nitrogens with zero attached hydrogens (tertiary/aromatic N) is 1. The number of pyridine rings is 1. The summed E-state index contributed by atoms with van der Waals surface area (Å²) in [7, 11) is 0. The Hall–Kier alpha value is -1.70. The second-order valence-corrected chi connectivity index (χ2v) is 7.51. The number of nitrogens with one attached hydrogen (secondary N) is 1. The van der Waals surface area contributed by atoms with E-state index in [4.69, 9.17) is 31.5 Å². The molecule has 0 radical (unpaired) electrons. The number of hydrogen-bond donors (Lipinski definition) is 2. The number of fused-ring (bicyclic) bond motifs is 4. The maximum atomic E-state index is 6.27. The predicted octanol–water partition coefficient (Wildman–Crippen LogP) is 2.26. The Morgan fingerprint density at radius 2 is 2.15 bits per heavy atom. The van der Waals surface area contributed by atoms with Gasteiger partial charge in [-0.05, 0) is 30.2 Å². The van der Waals surface area contributed by atoms with E-state index in [1.54, 1.807) is 6.20 Å². The molecule has 2 fully saturated rings. The first kappa shape index (κ1) is 16.5. The number of halogens is 1. The van der Waals surface area contributed by atoms with Gasteiger partial charge in [-0.15, -0.1) is 0 Å². The number of benzene rings is 1. The first-order valence-corrected chi connectivity index (χ1v) is 9.18. The molecule has 1 aromatic heterocycles. The maximum absolute atomic E-state index is 6.27. The van der Waals surface area contributed by atoms with Crippen LogP contribution in [0.3, 0.4) is 0 Å². The van der Waals surface area contributed by atoms with Crippen molar-refractivity contribution >= 4 is 11.6 Å². The van der Waals surface area contributed by atoms with Crippen LogP contribution < -0.4 is 15.8 Å². The highest BCUT2D eigenvalue weighted by Crippen LogP contribution is 2.49. The van der Waals surface area contributed by atoms with Gasteiger partial charge in [0.25, 0.3) is 0 Å². The van der Waals surface area contributed by atoms with Gasteiger partial charge in [-0.2, -0.15) is 0 Å². The molecule has 3 aliphatic heterocycles. The molecule has 2 aromatic rings. The van der Waals surface area contributed by atoms with Crippen molar-refractivity contribution in [2.75, 3.05) is 19.8 Å². The number of ether oxygens (including phenoxy) is 3. The van der Waals surface area contributed by atoms with E-state index in [9.17, 15) is 0 Å². The Balaban J connectivity index is 1.64. The molecule has 2 saturated heterocycles. The van der Waals surface area contributed by atoms with E-state index >= 15 is 0 Å². The summed E-state index contributed by atoms with van der Waals surface area (Å²) in [6.45, 7) is 1.82. The summed E-state index contributed by atoms with van der Waals surface area (Å²) < 4.78 is 17.7. The monoisotopic (exact) mass is 373 g/mol. The van der Waals surface area contributed by atoms with Crippen LogP contribution in [-0.2, 0) is 15.0 Å². The summed E-state index contributed by atoms with van der Waals surface area (Å²) in [6, 6.07) is 8.08. The largest absolute Gasteiger partial charge is 0.487 e. The van der Waals surface area contributed by atoms with Gasteiger partial charge in [0, 0.05) is 36.0 Å². The van der Waals surface area contributed by atoms with Crippen molar-refractivity contribution in [2.45, 2.75) is 24.4 Å². The van der Waals surface area contributed by atoms with Gasteiger partial charge >= 0.3 is 0 Å². The van der Waals surface area contributed by atoms with Crippen molar-refractivity contribution in [3.8, 4) is 16.9 Å². The van der Waals surface area contributed by atoms with Gasteiger partial charge in [0.1, 0.15) is 11.9 Å². The van der Waals surface area contributed by atoms with Crippen molar-refractivity contribution in [1.82, 2.24) is 10.3 Å². The average molecular weight is 374 g/mol. The number of hydrogen-bond acceptors (Lipinski definition) is 6. The molecule has 5 rings (SSSR count). The Kier molecular flexibility index (Phi) is 3.92. The van der Waals surface area contributed by atoms with Crippen molar-refractivity contribution in [3.63, 3.8) is 0 Å². The van der Waals surface area contributed by atoms with Gasteiger partial charge in [-0.3, -0.25) is 16.0 Å². The molecule has 6 nitrogen and oxygen atoms in total. The fourth-order valence-electron chi connectivity index (χ4n) is 4.41. The Morgan fingerprint density at radius 1 is 1.23 bits per heavy atom.